The fraction of sp³-hybridized carbons (Fsp3) is 0.625. The molecule has 0 aromatic heterocycles. The number of benzene rings is 1. The molecule has 1 aliphatic rings. The lowest BCUT2D eigenvalue weighted by Gasteiger charge is -2.32. The number of nitrogens with one attached hydrogen (secondary N) is 1. The van der Waals surface area contributed by atoms with Gasteiger partial charge in [-0.05, 0) is 30.9 Å². The largest absolute Gasteiger partial charge is 0.383 e. The molecular formula is C16H25FN2O. The Morgan fingerprint density at radius 2 is 2.20 bits per heavy atom. The second-order valence-corrected chi connectivity index (χ2v) is 5.58. The predicted octanol–water partition coefficient (Wildman–Crippen LogP) is 2.80. The van der Waals surface area contributed by atoms with Gasteiger partial charge >= 0.3 is 0 Å². The molecule has 1 aromatic rings. The van der Waals surface area contributed by atoms with Gasteiger partial charge in [0.25, 0.3) is 0 Å². The van der Waals surface area contributed by atoms with Crippen LogP contribution < -0.4 is 10.2 Å². The molecular weight excluding hydrogens is 255 g/mol. The van der Waals surface area contributed by atoms with Crippen LogP contribution in [0.4, 0.5) is 10.1 Å². The van der Waals surface area contributed by atoms with Crippen LogP contribution in [0.5, 0.6) is 0 Å². The molecule has 4 heteroatoms. The summed E-state index contributed by atoms with van der Waals surface area (Å²) in [7, 11) is 3.73. The van der Waals surface area contributed by atoms with E-state index in [0.717, 1.165) is 30.3 Å². The monoisotopic (exact) mass is 280 g/mol. The molecule has 0 radical (unpaired) electrons. The fourth-order valence-corrected chi connectivity index (χ4v) is 2.63. The van der Waals surface area contributed by atoms with Crippen molar-refractivity contribution in [2.45, 2.75) is 25.8 Å². The van der Waals surface area contributed by atoms with Gasteiger partial charge in [-0.25, -0.2) is 4.39 Å². The molecule has 1 saturated carbocycles. The van der Waals surface area contributed by atoms with Crippen LogP contribution in [-0.4, -0.2) is 33.9 Å². The summed E-state index contributed by atoms with van der Waals surface area (Å²) in [5.41, 5.74) is 1.76. The first-order chi connectivity index (χ1) is 9.72. The molecule has 20 heavy (non-hydrogen) atoms. The Kier molecular flexibility index (Phi) is 5.80. The minimum atomic E-state index is -0.132. The van der Waals surface area contributed by atoms with Crippen LogP contribution in [0.15, 0.2) is 18.2 Å². The Balaban J connectivity index is 2.00. The molecule has 1 aromatic carbocycles. The van der Waals surface area contributed by atoms with Gasteiger partial charge in [0.2, 0.25) is 0 Å². The van der Waals surface area contributed by atoms with Crippen molar-refractivity contribution in [3.8, 4) is 0 Å². The Labute approximate surface area is 121 Å². The second kappa shape index (κ2) is 7.60. The van der Waals surface area contributed by atoms with Crippen molar-refractivity contribution in [2.24, 2.45) is 5.92 Å². The number of anilines is 1. The van der Waals surface area contributed by atoms with Crippen molar-refractivity contribution < 1.29 is 9.13 Å². The van der Waals surface area contributed by atoms with Crippen molar-refractivity contribution >= 4 is 5.69 Å². The van der Waals surface area contributed by atoms with Gasteiger partial charge < -0.3 is 15.0 Å². The van der Waals surface area contributed by atoms with Crippen molar-refractivity contribution in [3.63, 3.8) is 0 Å². The molecule has 0 aliphatic heterocycles. The summed E-state index contributed by atoms with van der Waals surface area (Å²) in [6.07, 6.45) is 3.95. The molecule has 112 valence electrons. The minimum Gasteiger partial charge on any atom is -0.383 e. The average Bonchev–Trinajstić information content (AvgIpc) is 2.40. The third-order valence-electron chi connectivity index (χ3n) is 4.05. The van der Waals surface area contributed by atoms with Crippen LogP contribution in [0.1, 0.15) is 24.8 Å². The van der Waals surface area contributed by atoms with Gasteiger partial charge in [-0.1, -0.05) is 12.5 Å². The Morgan fingerprint density at radius 3 is 2.85 bits per heavy atom. The lowest BCUT2D eigenvalue weighted by molar-refractivity contribution is 0.199. The predicted molar refractivity (Wildman–Crippen MR) is 80.6 cm³/mol. The summed E-state index contributed by atoms with van der Waals surface area (Å²) in [4.78, 5) is 2.19. The van der Waals surface area contributed by atoms with E-state index in [-0.39, 0.29) is 5.82 Å². The molecule has 1 N–H and O–H groups in total. The smallest absolute Gasteiger partial charge is 0.129 e. The topological polar surface area (TPSA) is 24.5 Å². The summed E-state index contributed by atoms with van der Waals surface area (Å²) < 4.78 is 19.1. The highest BCUT2D eigenvalue weighted by molar-refractivity contribution is 5.53. The van der Waals surface area contributed by atoms with E-state index in [0.29, 0.717) is 13.2 Å². The third kappa shape index (κ3) is 3.93. The molecule has 0 unspecified atom stereocenters. The van der Waals surface area contributed by atoms with E-state index in [2.05, 4.69) is 17.3 Å². The SMILES string of the molecule is COCCNCc1c(F)cccc1N(C)CC1CCC1. The Morgan fingerprint density at radius 1 is 1.40 bits per heavy atom. The van der Waals surface area contributed by atoms with E-state index in [1.54, 1.807) is 13.2 Å². The number of hydrogen-bond acceptors (Lipinski definition) is 3. The molecule has 3 nitrogen and oxygen atoms in total. The van der Waals surface area contributed by atoms with Crippen LogP contribution in [-0.2, 0) is 11.3 Å². The van der Waals surface area contributed by atoms with Crippen LogP contribution >= 0.6 is 0 Å². The van der Waals surface area contributed by atoms with Crippen LogP contribution in [0.25, 0.3) is 0 Å². The van der Waals surface area contributed by atoms with E-state index in [9.17, 15) is 4.39 Å². The third-order valence-corrected chi connectivity index (χ3v) is 4.05. The van der Waals surface area contributed by atoms with E-state index in [1.165, 1.54) is 25.3 Å². The summed E-state index contributed by atoms with van der Waals surface area (Å²) in [5.74, 6) is 0.644. The van der Waals surface area contributed by atoms with E-state index in [1.807, 2.05) is 6.07 Å². The van der Waals surface area contributed by atoms with Crippen molar-refractivity contribution in [1.29, 1.82) is 0 Å². The number of rotatable bonds is 8. The van der Waals surface area contributed by atoms with Crippen molar-refractivity contribution in [2.75, 3.05) is 38.8 Å². The number of halogens is 1. The van der Waals surface area contributed by atoms with Gasteiger partial charge in [0.1, 0.15) is 5.82 Å². The van der Waals surface area contributed by atoms with Gasteiger partial charge in [-0.2, -0.15) is 0 Å². The molecule has 0 heterocycles. The first-order valence-corrected chi connectivity index (χ1v) is 7.40. The quantitative estimate of drug-likeness (QED) is 0.741. The molecule has 0 saturated heterocycles. The number of methoxy groups -OCH3 is 1. The normalized spacial score (nSPS) is 15.2. The molecule has 0 bridgehead atoms. The number of ether oxygens (including phenoxy) is 1. The summed E-state index contributed by atoms with van der Waals surface area (Å²) in [6, 6.07) is 5.34. The zero-order valence-electron chi connectivity index (χ0n) is 12.5. The van der Waals surface area contributed by atoms with Crippen LogP contribution in [0, 0.1) is 11.7 Å². The Hall–Kier alpha value is -1.13. The number of nitrogens with zero attached hydrogens (tertiary/aromatic N) is 1. The van der Waals surface area contributed by atoms with Crippen molar-refractivity contribution in [1.82, 2.24) is 5.32 Å². The Bertz CT molecular complexity index is 421. The highest BCUT2D eigenvalue weighted by Gasteiger charge is 2.20. The molecule has 0 atom stereocenters. The van der Waals surface area contributed by atoms with E-state index in [4.69, 9.17) is 4.74 Å². The average molecular weight is 280 g/mol. The molecule has 1 aliphatic carbocycles. The van der Waals surface area contributed by atoms with Crippen molar-refractivity contribution in [3.05, 3.63) is 29.6 Å². The van der Waals surface area contributed by atoms with Crippen LogP contribution in [0.2, 0.25) is 0 Å². The van der Waals surface area contributed by atoms with Gasteiger partial charge in [-0.15, -0.1) is 0 Å². The zero-order valence-corrected chi connectivity index (χ0v) is 12.5. The van der Waals surface area contributed by atoms with E-state index >= 15 is 0 Å². The summed E-state index contributed by atoms with van der Waals surface area (Å²) in [6.45, 7) is 2.94. The second-order valence-electron chi connectivity index (χ2n) is 5.58. The van der Waals surface area contributed by atoms with Crippen LogP contribution in [0.3, 0.4) is 0 Å². The molecule has 1 fully saturated rings. The fourth-order valence-electron chi connectivity index (χ4n) is 2.63. The lowest BCUT2D eigenvalue weighted by atomic mass is 9.85. The highest BCUT2D eigenvalue weighted by atomic mass is 19.1. The van der Waals surface area contributed by atoms with Gasteiger partial charge in [0.15, 0.2) is 0 Å². The summed E-state index contributed by atoms with van der Waals surface area (Å²) in [5, 5.41) is 3.23. The molecule has 2 rings (SSSR count). The molecule has 0 amide bonds. The standard InChI is InChI=1S/C16H25FN2O/c1-19(12-13-5-3-6-13)16-8-4-7-15(17)14(16)11-18-9-10-20-2/h4,7-8,13,18H,3,5-6,9-12H2,1-2H3. The first-order valence-electron chi connectivity index (χ1n) is 7.40. The molecule has 0 spiro atoms. The maximum atomic E-state index is 14.1. The van der Waals surface area contributed by atoms with Gasteiger partial charge in [0.05, 0.1) is 6.61 Å². The maximum Gasteiger partial charge on any atom is 0.129 e. The lowest BCUT2D eigenvalue weighted by Crippen LogP contribution is -2.31. The highest BCUT2D eigenvalue weighted by Crippen LogP contribution is 2.30. The van der Waals surface area contributed by atoms with Gasteiger partial charge in [0, 0.05) is 45.0 Å². The van der Waals surface area contributed by atoms with E-state index < -0.39 is 0 Å². The zero-order chi connectivity index (χ0) is 14.4. The minimum absolute atomic E-state index is 0.132. The number of hydrogen-bond donors (Lipinski definition) is 1. The first kappa shape index (κ1) is 15.3. The maximum absolute atomic E-state index is 14.1. The summed E-state index contributed by atoms with van der Waals surface area (Å²) >= 11 is 0. The van der Waals surface area contributed by atoms with Gasteiger partial charge in [-0.3, -0.25) is 0 Å².